The maximum Gasteiger partial charge on any atom is 0.230 e. The number of halogens is 1. The average molecular weight is 282 g/mol. The molecule has 104 valence electrons. The van der Waals surface area contributed by atoms with Crippen molar-refractivity contribution in [3.8, 4) is 0 Å². The number of carbonyl (C=O) groups is 1. The number of hydrogen-bond donors (Lipinski definition) is 2. The molecule has 5 heteroatoms. The molecular weight excluding hydrogens is 263 g/mol. The molecule has 0 aromatic heterocycles. The van der Waals surface area contributed by atoms with Crippen LogP contribution in [0.4, 0.5) is 4.39 Å². The van der Waals surface area contributed by atoms with Crippen molar-refractivity contribution in [3.63, 3.8) is 0 Å². The molecule has 0 aliphatic heterocycles. The predicted octanol–water partition coefficient (Wildman–Crippen LogP) is 2.37. The molecule has 19 heavy (non-hydrogen) atoms. The first-order chi connectivity index (χ1) is 8.86. The van der Waals surface area contributed by atoms with Gasteiger partial charge in [-0.15, -0.1) is 0 Å². The Bertz CT molecular complexity index is 479. The molecule has 3 nitrogen and oxygen atoms in total. The van der Waals surface area contributed by atoms with Gasteiger partial charge in [0.15, 0.2) is 0 Å². The molecule has 3 N–H and O–H groups in total. The zero-order valence-electron chi connectivity index (χ0n) is 11.4. The lowest BCUT2D eigenvalue weighted by Gasteiger charge is -2.14. The van der Waals surface area contributed by atoms with E-state index in [1.54, 1.807) is 26.0 Å². The molecule has 1 aromatic rings. The minimum atomic E-state index is -0.447. The van der Waals surface area contributed by atoms with E-state index in [1.165, 1.54) is 0 Å². The number of hydrogen-bond acceptors (Lipinski definition) is 2. The summed E-state index contributed by atoms with van der Waals surface area (Å²) in [5.41, 5.74) is 7.52. The van der Waals surface area contributed by atoms with Gasteiger partial charge >= 0.3 is 0 Å². The molecule has 0 aliphatic rings. The number of nitrogens with one attached hydrogen (secondary N) is 1. The van der Waals surface area contributed by atoms with Gasteiger partial charge in [-0.2, -0.15) is 0 Å². The van der Waals surface area contributed by atoms with Crippen LogP contribution in [0.15, 0.2) is 12.1 Å². The number of nitrogens with two attached hydrogens (primary N) is 1. The molecule has 1 aromatic carbocycles. The summed E-state index contributed by atoms with van der Waals surface area (Å²) in [6.07, 6.45) is 0.572. The molecule has 0 heterocycles. The van der Waals surface area contributed by atoms with Crippen LogP contribution >= 0.6 is 12.2 Å². The van der Waals surface area contributed by atoms with E-state index in [9.17, 15) is 9.18 Å². The standard InChI is InChI=1S/C14H19FN2OS/c1-4-11(13(16)19)14(18)17-7-10-5-8(2)12(15)9(3)6-10/h5-6,11H,4,7H2,1-3H3,(H2,16,19)(H,17,18). The Morgan fingerprint density at radius 3 is 2.37 bits per heavy atom. The molecule has 0 bridgehead atoms. The summed E-state index contributed by atoms with van der Waals surface area (Å²) in [6.45, 7) is 5.62. The third-order valence-corrected chi connectivity index (χ3v) is 3.32. The number of benzene rings is 1. The summed E-state index contributed by atoms with van der Waals surface area (Å²) in [5.74, 6) is -0.836. The minimum absolute atomic E-state index is 0.186. The number of amides is 1. The van der Waals surface area contributed by atoms with Crippen LogP contribution in [0.1, 0.15) is 30.0 Å². The van der Waals surface area contributed by atoms with Crippen molar-refractivity contribution in [2.75, 3.05) is 0 Å². The topological polar surface area (TPSA) is 55.1 Å². The van der Waals surface area contributed by atoms with E-state index in [0.717, 1.165) is 5.56 Å². The van der Waals surface area contributed by atoms with Crippen LogP contribution < -0.4 is 11.1 Å². The lowest BCUT2D eigenvalue weighted by molar-refractivity contribution is -0.123. The van der Waals surface area contributed by atoms with Gasteiger partial charge in [0, 0.05) is 6.54 Å². The molecule has 1 atom stereocenters. The highest BCUT2D eigenvalue weighted by atomic mass is 32.1. The Morgan fingerprint density at radius 1 is 1.42 bits per heavy atom. The largest absolute Gasteiger partial charge is 0.393 e. The van der Waals surface area contributed by atoms with Crippen molar-refractivity contribution in [2.24, 2.45) is 11.7 Å². The highest BCUT2D eigenvalue weighted by Crippen LogP contribution is 2.14. The second-order valence-corrected chi connectivity index (χ2v) is 5.10. The number of carbonyl (C=O) groups excluding carboxylic acids is 1. The summed E-state index contributed by atoms with van der Waals surface area (Å²) in [4.78, 5) is 12.1. The summed E-state index contributed by atoms with van der Waals surface area (Å²) < 4.78 is 13.5. The van der Waals surface area contributed by atoms with Gasteiger partial charge in [0.25, 0.3) is 0 Å². The van der Waals surface area contributed by atoms with Crippen LogP contribution in [-0.4, -0.2) is 10.9 Å². The summed E-state index contributed by atoms with van der Waals surface area (Å²) in [6, 6.07) is 3.45. The zero-order chi connectivity index (χ0) is 14.6. The highest BCUT2D eigenvalue weighted by molar-refractivity contribution is 7.80. The van der Waals surface area contributed by atoms with E-state index in [2.05, 4.69) is 5.32 Å². The van der Waals surface area contributed by atoms with Gasteiger partial charge in [0.2, 0.25) is 5.91 Å². The van der Waals surface area contributed by atoms with Crippen LogP contribution in [0.5, 0.6) is 0 Å². The molecule has 0 radical (unpaired) electrons. The number of rotatable bonds is 5. The highest BCUT2D eigenvalue weighted by Gasteiger charge is 2.18. The van der Waals surface area contributed by atoms with E-state index < -0.39 is 5.92 Å². The number of thiocarbonyl (C=S) groups is 1. The van der Waals surface area contributed by atoms with E-state index in [4.69, 9.17) is 18.0 Å². The fraction of sp³-hybridized carbons (Fsp3) is 0.429. The van der Waals surface area contributed by atoms with Gasteiger partial charge in [-0.05, 0) is 37.0 Å². The van der Waals surface area contributed by atoms with E-state index in [0.29, 0.717) is 24.1 Å². The lowest BCUT2D eigenvalue weighted by Crippen LogP contribution is -2.37. The molecule has 0 spiro atoms. The molecule has 0 saturated heterocycles. The fourth-order valence-electron chi connectivity index (χ4n) is 1.97. The molecule has 0 saturated carbocycles. The van der Waals surface area contributed by atoms with E-state index >= 15 is 0 Å². The predicted molar refractivity (Wildman–Crippen MR) is 78.3 cm³/mol. The Kier molecular flexibility index (Phi) is 5.42. The third kappa shape index (κ3) is 3.99. The van der Waals surface area contributed by atoms with Crippen molar-refractivity contribution in [2.45, 2.75) is 33.7 Å². The van der Waals surface area contributed by atoms with Crippen LogP contribution in [0.3, 0.4) is 0 Å². The molecule has 1 amide bonds. The van der Waals surface area contributed by atoms with Gasteiger partial charge in [-0.3, -0.25) is 4.79 Å². The fourth-order valence-corrected chi connectivity index (χ4v) is 2.24. The normalized spacial score (nSPS) is 12.0. The third-order valence-electron chi connectivity index (χ3n) is 3.03. The van der Waals surface area contributed by atoms with E-state index in [-0.39, 0.29) is 16.7 Å². The molecule has 0 fully saturated rings. The van der Waals surface area contributed by atoms with Crippen molar-refractivity contribution < 1.29 is 9.18 Å². The smallest absolute Gasteiger partial charge is 0.230 e. The Labute approximate surface area is 118 Å². The van der Waals surface area contributed by atoms with Crippen LogP contribution in [-0.2, 0) is 11.3 Å². The molecule has 1 rings (SSSR count). The Morgan fingerprint density at radius 2 is 1.95 bits per heavy atom. The van der Waals surface area contributed by atoms with E-state index in [1.807, 2.05) is 6.92 Å². The summed E-state index contributed by atoms with van der Waals surface area (Å²) in [7, 11) is 0. The minimum Gasteiger partial charge on any atom is -0.393 e. The van der Waals surface area contributed by atoms with Crippen molar-refractivity contribution in [3.05, 3.63) is 34.6 Å². The summed E-state index contributed by atoms with van der Waals surface area (Å²) in [5, 5.41) is 2.78. The summed E-state index contributed by atoms with van der Waals surface area (Å²) >= 11 is 4.85. The Balaban J connectivity index is 2.72. The SMILES string of the molecule is CCC(C(=O)NCc1cc(C)c(F)c(C)c1)C(N)=S. The number of aryl methyl sites for hydroxylation is 2. The van der Waals surface area contributed by atoms with Crippen molar-refractivity contribution >= 4 is 23.1 Å². The van der Waals surface area contributed by atoms with Gasteiger partial charge < -0.3 is 11.1 Å². The quantitative estimate of drug-likeness (QED) is 0.815. The van der Waals surface area contributed by atoms with Crippen molar-refractivity contribution in [1.82, 2.24) is 5.32 Å². The maximum absolute atomic E-state index is 13.5. The monoisotopic (exact) mass is 282 g/mol. The van der Waals surface area contributed by atoms with Crippen LogP contribution in [0, 0.1) is 25.6 Å². The van der Waals surface area contributed by atoms with Gasteiger partial charge in [0.05, 0.1) is 10.9 Å². The first kappa shape index (κ1) is 15.6. The Hall–Kier alpha value is -1.49. The molecular formula is C14H19FN2OS. The second kappa shape index (κ2) is 6.61. The molecule has 0 aliphatic carbocycles. The van der Waals surface area contributed by atoms with Gasteiger partial charge in [-0.1, -0.05) is 31.3 Å². The average Bonchev–Trinajstić information content (AvgIpc) is 2.33. The second-order valence-electron chi connectivity index (χ2n) is 4.62. The zero-order valence-corrected chi connectivity index (χ0v) is 12.2. The first-order valence-corrected chi connectivity index (χ1v) is 6.60. The molecule has 1 unspecified atom stereocenters. The lowest BCUT2D eigenvalue weighted by atomic mass is 10.0. The maximum atomic E-state index is 13.5. The van der Waals surface area contributed by atoms with Gasteiger partial charge in [0.1, 0.15) is 5.82 Å². The van der Waals surface area contributed by atoms with Crippen LogP contribution in [0.2, 0.25) is 0 Å². The van der Waals surface area contributed by atoms with Crippen molar-refractivity contribution in [1.29, 1.82) is 0 Å². The van der Waals surface area contributed by atoms with Gasteiger partial charge in [-0.25, -0.2) is 4.39 Å². The van der Waals surface area contributed by atoms with Crippen LogP contribution in [0.25, 0.3) is 0 Å². The first-order valence-electron chi connectivity index (χ1n) is 6.19.